The SMILES string of the molecule is CC/C=C/C/C=C/C/C=C/C/C=C/C/C=C/CCCCCCC(=O)OC(COCCC(C(=O)[O-])[N+](C)(C)C)COC(=O)CCCCCCCCC/C=C/CCCCCCCCCCCCCC. The minimum Gasteiger partial charge on any atom is -0.544 e. The first-order valence-electron chi connectivity index (χ1n) is 27.5. The van der Waals surface area contributed by atoms with Gasteiger partial charge in [-0.1, -0.05) is 202 Å². The predicted molar refractivity (Wildman–Crippen MR) is 282 cm³/mol. The zero-order valence-electron chi connectivity index (χ0n) is 44.1. The van der Waals surface area contributed by atoms with Crippen LogP contribution in [0.25, 0.3) is 0 Å². The van der Waals surface area contributed by atoms with Gasteiger partial charge in [0, 0.05) is 19.3 Å². The standard InChI is InChI=1S/C59H103NO7/c1-6-8-10-12-14-16-18-20-22-24-26-28-29-30-32-33-35-37-39-41-43-45-47-49-57(61)66-54-55(53-65-52-51-56(59(63)64)60(3,4)5)67-58(62)50-48-46-44-42-40-38-36-34-31-27-25-23-21-19-17-15-13-11-9-7-2/h9,11,15,17,21,23,27,30-32,36,38,55-56H,6-8,10,12-14,16,18-20,22,24-26,28-29,33-35,37,39-54H2,1-5H3/b11-9+,17-15+,23-21+,31-27+,32-30+,38-36+. The minimum atomic E-state index is -1.13. The number of carbonyl (C=O) groups excluding carboxylic acids is 3. The van der Waals surface area contributed by atoms with Crippen LogP contribution in [0.3, 0.4) is 0 Å². The third-order valence-electron chi connectivity index (χ3n) is 12.1. The van der Waals surface area contributed by atoms with Gasteiger partial charge in [-0.25, -0.2) is 0 Å². The Kier molecular flexibility index (Phi) is 46.8. The van der Waals surface area contributed by atoms with Crippen LogP contribution in [0.5, 0.6) is 0 Å². The van der Waals surface area contributed by atoms with Crippen LogP contribution in [0.1, 0.15) is 232 Å². The fourth-order valence-corrected chi connectivity index (χ4v) is 7.86. The van der Waals surface area contributed by atoms with E-state index in [1.807, 2.05) is 0 Å². The summed E-state index contributed by atoms with van der Waals surface area (Å²) < 4.78 is 17.2. The number of esters is 2. The van der Waals surface area contributed by atoms with E-state index in [4.69, 9.17) is 14.2 Å². The molecule has 0 N–H and O–H groups in total. The lowest BCUT2D eigenvalue weighted by Gasteiger charge is -2.34. The summed E-state index contributed by atoms with van der Waals surface area (Å²) in [5.41, 5.74) is 0. The van der Waals surface area contributed by atoms with Gasteiger partial charge in [0.1, 0.15) is 12.6 Å². The normalized spacial score (nSPS) is 13.4. The molecular formula is C59H103NO7. The number of likely N-dealkylation sites (N-methyl/N-ethyl adjacent to an activating group) is 1. The Balaban J connectivity index is 4.25. The Hall–Kier alpha value is -3.23. The number of hydrogen-bond donors (Lipinski definition) is 0. The molecule has 2 unspecified atom stereocenters. The van der Waals surface area contributed by atoms with E-state index in [1.54, 1.807) is 21.1 Å². The van der Waals surface area contributed by atoms with Crippen LogP contribution in [-0.4, -0.2) is 75.5 Å². The summed E-state index contributed by atoms with van der Waals surface area (Å²) >= 11 is 0. The Morgan fingerprint density at radius 2 is 0.836 bits per heavy atom. The van der Waals surface area contributed by atoms with E-state index >= 15 is 0 Å². The fourth-order valence-electron chi connectivity index (χ4n) is 7.86. The maximum atomic E-state index is 12.8. The monoisotopic (exact) mass is 938 g/mol. The van der Waals surface area contributed by atoms with Crippen LogP contribution in [0.2, 0.25) is 0 Å². The highest BCUT2D eigenvalue weighted by Crippen LogP contribution is 2.15. The Bertz CT molecular complexity index is 1320. The van der Waals surface area contributed by atoms with Crippen molar-refractivity contribution in [2.75, 3.05) is 41.0 Å². The molecule has 0 aliphatic carbocycles. The number of carboxylic acid groups (broad SMARTS) is 1. The molecule has 0 heterocycles. The zero-order valence-corrected chi connectivity index (χ0v) is 44.1. The number of allylic oxidation sites excluding steroid dienone is 12. The number of quaternary nitrogens is 1. The van der Waals surface area contributed by atoms with Crippen molar-refractivity contribution < 1.29 is 38.2 Å². The average molecular weight is 938 g/mol. The van der Waals surface area contributed by atoms with E-state index in [0.717, 1.165) is 83.5 Å². The van der Waals surface area contributed by atoms with E-state index in [0.29, 0.717) is 6.42 Å². The molecule has 0 rings (SSSR count). The van der Waals surface area contributed by atoms with Gasteiger partial charge in [0.15, 0.2) is 6.10 Å². The van der Waals surface area contributed by atoms with Crippen molar-refractivity contribution in [1.82, 2.24) is 0 Å². The molecule has 0 fully saturated rings. The molecule has 8 nitrogen and oxygen atoms in total. The fraction of sp³-hybridized carbons (Fsp3) is 0.746. The first kappa shape index (κ1) is 63.8. The Labute approximate surface area is 412 Å². The van der Waals surface area contributed by atoms with Gasteiger partial charge in [0.25, 0.3) is 0 Å². The first-order valence-corrected chi connectivity index (χ1v) is 27.5. The zero-order chi connectivity index (χ0) is 49.2. The van der Waals surface area contributed by atoms with Crippen molar-refractivity contribution in [3.8, 4) is 0 Å². The maximum absolute atomic E-state index is 12.8. The van der Waals surface area contributed by atoms with Crippen LogP contribution in [0.4, 0.5) is 0 Å². The molecule has 0 saturated carbocycles. The summed E-state index contributed by atoms with van der Waals surface area (Å²) in [6, 6.07) is -0.736. The van der Waals surface area contributed by atoms with E-state index in [2.05, 4.69) is 86.8 Å². The van der Waals surface area contributed by atoms with Crippen LogP contribution < -0.4 is 5.11 Å². The van der Waals surface area contributed by atoms with Crippen LogP contribution >= 0.6 is 0 Å². The molecule has 0 amide bonds. The number of aliphatic carboxylic acids is 1. The molecule has 0 radical (unpaired) electrons. The molecule has 0 aromatic heterocycles. The van der Waals surface area contributed by atoms with Gasteiger partial charge < -0.3 is 28.6 Å². The van der Waals surface area contributed by atoms with Gasteiger partial charge in [-0.15, -0.1) is 0 Å². The molecule has 0 aliphatic rings. The van der Waals surface area contributed by atoms with Crippen molar-refractivity contribution in [2.45, 2.75) is 244 Å². The van der Waals surface area contributed by atoms with Crippen LogP contribution in [-0.2, 0) is 28.6 Å². The van der Waals surface area contributed by atoms with Gasteiger partial charge in [-0.05, 0) is 83.5 Å². The number of unbranched alkanes of at least 4 members (excludes halogenated alkanes) is 23. The molecule has 0 spiro atoms. The molecule has 0 aliphatic heterocycles. The molecule has 8 heteroatoms. The van der Waals surface area contributed by atoms with E-state index in [1.165, 1.54) is 116 Å². The van der Waals surface area contributed by atoms with Crippen LogP contribution in [0.15, 0.2) is 72.9 Å². The number of carbonyl (C=O) groups is 3. The van der Waals surface area contributed by atoms with Crippen molar-refractivity contribution in [2.24, 2.45) is 0 Å². The molecule has 386 valence electrons. The summed E-state index contributed by atoms with van der Waals surface area (Å²) in [7, 11) is 5.41. The highest BCUT2D eigenvalue weighted by atomic mass is 16.6. The lowest BCUT2D eigenvalue weighted by molar-refractivity contribution is -0.889. The van der Waals surface area contributed by atoms with Crippen molar-refractivity contribution in [1.29, 1.82) is 0 Å². The average Bonchev–Trinajstić information content (AvgIpc) is 3.29. The molecule has 0 aromatic carbocycles. The van der Waals surface area contributed by atoms with Gasteiger partial charge in [-0.3, -0.25) is 9.59 Å². The number of hydrogen-bond acceptors (Lipinski definition) is 7. The van der Waals surface area contributed by atoms with Gasteiger partial charge >= 0.3 is 11.9 Å². The molecule has 0 aromatic rings. The largest absolute Gasteiger partial charge is 0.544 e. The summed E-state index contributed by atoms with van der Waals surface area (Å²) in [6.45, 7) is 4.54. The quantitative estimate of drug-likeness (QED) is 0.0259. The van der Waals surface area contributed by atoms with Gasteiger partial charge in [-0.2, -0.15) is 0 Å². The summed E-state index contributed by atoms with van der Waals surface area (Å²) in [5.74, 6) is -1.77. The van der Waals surface area contributed by atoms with E-state index in [9.17, 15) is 19.5 Å². The third kappa shape index (κ3) is 47.6. The second kappa shape index (κ2) is 49.2. The first-order chi connectivity index (χ1) is 32.6. The smallest absolute Gasteiger partial charge is 0.306 e. The molecule has 0 bridgehead atoms. The molecular weight excluding hydrogens is 835 g/mol. The topological polar surface area (TPSA) is 102 Å². The summed E-state index contributed by atoms with van der Waals surface area (Å²) in [5, 5.41) is 11.7. The van der Waals surface area contributed by atoms with E-state index in [-0.39, 0.29) is 49.1 Å². The molecule has 0 saturated heterocycles. The second-order valence-corrected chi connectivity index (χ2v) is 19.4. The number of nitrogens with zero attached hydrogens (tertiary/aromatic N) is 1. The number of ether oxygens (including phenoxy) is 3. The highest BCUT2D eigenvalue weighted by Gasteiger charge is 2.25. The predicted octanol–water partition coefficient (Wildman–Crippen LogP) is 14.9. The molecule has 67 heavy (non-hydrogen) atoms. The highest BCUT2D eigenvalue weighted by molar-refractivity contribution is 5.70. The Morgan fingerprint density at radius 3 is 1.25 bits per heavy atom. The van der Waals surface area contributed by atoms with Crippen molar-refractivity contribution in [3.63, 3.8) is 0 Å². The molecule has 2 atom stereocenters. The van der Waals surface area contributed by atoms with Crippen LogP contribution in [0, 0.1) is 0 Å². The van der Waals surface area contributed by atoms with Gasteiger partial charge in [0.05, 0.1) is 40.3 Å². The summed E-state index contributed by atoms with van der Waals surface area (Å²) in [6.07, 6.45) is 63.7. The van der Waals surface area contributed by atoms with E-state index < -0.39 is 18.1 Å². The van der Waals surface area contributed by atoms with Crippen molar-refractivity contribution >= 4 is 17.9 Å². The van der Waals surface area contributed by atoms with Crippen molar-refractivity contribution in [3.05, 3.63) is 72.9 Å². The summed E-state index contributed by atoms with van der Waals surface area (Å²) in [4.78, 5) is 37.1. The Morgan fingerprint density at radius 1 is 0.463 bits per heavy atom. The lowest BCUT2D eigenvalue weighted by atomic mass is 10.0. The number of rotatable bonds is 49. The number of carboxylic acids is 1. The minimum absolute atomic E-state index is 0.0262. The van der Waals surface area contributed by atoms with Gasteiger partial charge in [0.2, 0.25) is 0 Å². The lowest BCUT2D eigenvalue weighted by Crippen LogP contribution is -2.55. The maximum Gasteiger partial charge on any atom is 0.306 e. The third-order valence-corrected chi connectivity index (χ3v) is 12.1. The second-order valence-electron chi connectivity index (χ2n) is 19.4.